The summed E-state index contributed by atoms with van der Waals surface area (Å²) in [6.45, 7) is 7.27. The highest BCUT2D eigenvalue weighted by Crippen LogP contribution is 2.14. The van der Waals surface area contributed by atoms with E-state index in [0.29, 0.717) is 23.7 Å². The van der Waals surface area contributed by atoms with Crippen molar-refractivity contribution in [2.24, 2.45) is 0 Å². The van der Waals surface area contributed by atoms with Gasteiger partial charge in [-0.1, -0.05) is 11.6 Å². The number of nitrogens with one attached hydrogen (secondary N) is 1. The first-order valence-corrected chi connectivity index (χ1v) is 8.11. The van der Waals surface area contributed by atoms with Crippen LogP contribution in [-0.4, -0.2) is 48.1 Å². The van der Waals surface area contributed by atoms with Gasteiger partial charge in [-0.05, 0) is 51.5 Å². The van der Waals surface area contributed by atoms with Gasteiger partial charge in [0.05, 0.1) is 6.54 Å². The number of Topliss-reactive ketones (excluding diaryl/α,β-unsaturated/α-hetero) is 1. The minimum atomic E-state index is -0.507. The first-order valence-electron chi connectivity index (χ1n) is 7.73. The second-order valence-corrected chi connectivity index (χ2v) is 7.23. The van der Waals surface area contributed by atoms with Crippen molar-refractivity contribution in [2.45, 2.75) is 38.8 Å². The Morgan fingerprint density at radius 3 is 2.57 bits per heavy atom. The minimum absolute atomic E-state index is 0.0165. The normalized spacial score (nSPS) is 18.7. The van der Waals surface area contributed by atoms with Crippen LogP contribution in [0.2, 0.25) is 5.02 Å². The lowest BCUT2D eigenvalue weighted by atomic mass is 10.1. The van der Waals surface area contributed by atoms with Gasteiger partial charge in [0, 0.05) is 29.7 Å². The Bertz CT molecular complexity index is 566. The van der Waals surface area contributed by atoms with Crippen molar-refractivity contribution in [1.82, 2.24) is 10.2 Å². The molecule has 23 heavy (non-hydrogen) atoms. The quantitative estimate of drug-likeness (QED) is 0.857. The van der Waals surface area contributed by atoms with Gasteiger partial charge in [0.15, 0.2) is 5.78 Å². The fraction of sp³-hybridized carbons (Fsp3) is 0.529. The van der Waals surface area contributed by atoms with Crippen molar-refractivity contribution < 1.29 is 14.3 Å². The molecule has 0 aliphatic carbocycles. The van der Waals surface area contributed by atoms with Crippen LogP contribution < -0.4 is 5.32 Å². The smallest absolute Gasteiger partial charge is 0.407 e. The van der Waals surface area contributed by atoms with Crippen LogP contribution in [0, 0.1) is 0 Å². The molecule has 1 heterocycles. The zero-order valence-corrected chi connectivity index (χ0v) is 14.5. The second-order valence-electron chi connectivity index (χ2n) is 6.80. The van der Waals surface area contributed by atoms with Gasteiger partial charge < -0.3 is 10.1 Å². The molecule has 1 aliphatic rings. The highest BCUT2D eigenvalue weighted by atomic mass is 35.5. The Balaban J connectivity index is 1.80. The summed E-state index contributed by atoms with van der Waals surface area (Å²) in [5, 5.41) is 3.47. The molecule has 5 nitrogen and oxygen atoms in total. The third-order valence-electron chi connectivity index (χ3n) is 3.53. The third-order valence-corrected chi connectivity index (χ3v) is 3.78. The molecule has 1 unspecified atom stereocenters. The van der Waals surface area contributed by atoms with E-state index in [-0.39, 0.29) is 11.8 Å². The van der Waals surface area contributed by atoms with E-state index in [9.17, 15) is 9.59 Å². The van der Waals surface area contributed by atoms with Crippen LogP contribution in [0.1, 0.15) is 37.6 Å². The predicted molar refractivity (Wildman–Crippen MR) is 90.0 cm³/mol. The molecule has 1 aliphatic heterocycles. The van der Waals surface area contributed by atoms with Gasteiger partial charge in [0.2, 0.25) is 0 Å². The third kappa shape index (κ3) is 5.84. The van der Waals surface area contributed by atoms with Gasteiger partial charge in [-0.3, -0.25) is 9.69 Å². The van der Waals surface area contributed by atoms with Gasteiger partial charge in [-0.2, -0.15) is 0 Å². The number of rotatable bonds is 4. The van der Waals surface area contributed by atoms with Crippen molar-refractivity contribution in [3.63, 3.8) is 0 Å². The molecule has 1 amide bonds. The molecule has 1 aromatic rings. The largest absolute Gasteiger partial charge is 0.444 e. The van der Waals surface area contributed by atoms with Crippen molar-refractivity contribution in [2.75, 3.05) is 19.6 Å². The standard InChI is InChI=1S/C17H23ClN2O3/c1-17(2,3)23-16(22)19-14-8-9-20(10-14)11-15(21)12-4-6-13(18)7-5-12/h4-7,14H,8-11H2,1-3H3,(H,19,22). The lowest BCUT2D eigenvalue weighted by Gasteiger charge is -2.22. The predicted octanol–water partition coefficient (Wildman–Crippen LogP) is 3.12. The van der Waals surface area contributed by atoms with Crippen LogP contribution in [0.25, 0.3) is 0 Å². The maximum atomic E-state index is 12.2. The topological polar surface area (TPSA) is 58.6 Å². The van der Waals surface area contributed by atoms with Crippen molar-refractivity contribution in [1.29, 1.82) is 0 Å². The average molecular weight is 339 g/mol. The van der Waals surface area contributed by atoms with Crippen LogP contribution in [0.15, 0.2) is 24.3 Å². The van der Waals surface area contributed by atoms with E-state index in [1.807, 2.05) is 25.7 Å². The summed E-state index contributed by atoms with van der Waals surface area (Å²) in [4.78, 5) is 26.0. The van der Waals surface area contributed by atoms with Gasteiger partial charge in [0.25, 0.3) is 0 Å². The van der Waals surface area contributed by atoms with Gasteiger partial charge in [-0.25, -0.2) is 4.79 Å². The van der Waals surface area contributed by atoms with Crippen molar-refractivity contribution >= 4 is 23.5 Å². The van der Waals surface area contributed by atoms with E-state index >= 15 is 0 Å². The summed E-state index contributed by atoms with van der Waals surface area (Å²) in [5.41, 5.74) is 0.144. The summed E-state index contributed by atoms with van der Waals surface area (Å²) in [6, 6.07) is 6.91. The summed E-state index contributed by atoms with van der Waals surface area (Å²) < 4.78 is 5.25. The lowest BCUT2D eigenvalue weighted by Crippen LogP contribution is -2.41. The molecule has 1 atom stereocenters. The van der Waals surface area contributed by atoms with E-state index in [0.717, 1.165) is 13.0 Å². The Hall–Kier alpha value is -1.59. The maximum absolute atomic E-state index is 12.2. The molecular weight excluding hydrogens is 316 g/mol. The highest BCUT2D eigenvalue weighted by molar-refractivity contribution is 6.30. The summed E-state index contributed by atoms with van der Waals surface area (Å²) in [6.07, 6.45) is 0.404. The number of ether oxygens (including phenoxy) is 1. The van der Waals surface area contributed by atoms with Crippen LogP contribution in [-0.2, 0) is 4.74 Å². The number of hydrogen-bond donors (Lipinski definition) is 1. The number of likely N-dealkylation sites (tertiary alicyclic amines) is 1. The number of ketones is 1. The molecule has 6 heteroatoms. The van der Waals surface area contributed by atoms with E-state index in [2.05, 4.69) is 5.32 Å². The van der Waals surface area contributed by atoms with Gasteiger partial charge in [-0.15, -0.1) is 0 Å². The molecule has 0 aromatic heterocycles. The Morgan fingerprint density at radius 1 is 1.30 bits per heavy atom. The van der Waals surface area contributed by atoms with Crippen LogP contribution >= 0.6 is 11.6 Å². The van der Waals surface area contributed by atoms with Crippen molar-refractivity contribution in [3.8, 4) is 0 Å². The summed E-state index contributed by atoms with van der Waals surface area (Å²) >= 11 is 5.83. The van der Waals surface area contributed by atoms with E-state index < -0.39 is 11.7 Å². The van der Waals surface area contributed by atoms with Crippen molar-refractivity contribution in [3.05, 3.63) is 34.9 Å². The van der Waals surface area contributed by atoms with E-state index in [4.69, 9.17) is 16.3 Å². The molecular formula is C17H23ClN2O3. The Kier molecular flexibility index (Phi) is 5.65. The number of alkyl carbamates (subject to hydrolysis) is 1. The molecule has 0 spiro atoms. The zero-order chi connectivity index (χ0) is 17.0. The first kappa shape index (κ1) is 17.8. The average Bonchev–Trinajstić information content (AvgIpc) is 2.84. The number of nitrogens with zero attached hydrogens (tertiary/aromatic N) is 1. The maximum Gasteiger partial charge on any atom is 0.407 e. The Morgan fingerprint density at radius 2 is 1.96 bits per heavy atom. The zero-order valence-electron chi connectivity index (χ0n) is 13.8. The minimum Gasteiger partial charge on any atom is -0.444 e. The molecule has 126 valence electrons. The fourth-order valence-corrected chi connectivity index (χ4v) is 2.62. The molecule has 1 saturated heterocycles. The number of halogens is 1. The number of carbonyl (C=O) groups excluding carboxylic acids is 2. The first-order chi connectivity index (χ1) is 10.7. The number of benzene rings is 1. The molecule has 1 N–H and O–H groups in total. The number of carbonyl (C=O) groups is 2. The highest BCUT2D eigenvalue weighted by Gasteiger charge is 2.27. The van der Waals surface area contributed by atoms with E-state index in [1.165, 1.54) is 0 Å². The monoisotopic (exact) mass is 338 g/mol. The molecule has 1 aromatic carbocycles. The lowest BCUT2D eigenvalue weighted by molar-refractivity contribution is 0.0506. The molecule has 1 fully saturated rings. The van der Waals surface area contributed by atoms with Crippen LogP contribution in [0.5, 0.6) is 0 Å². The van der Waals surface area contributed by atoms with Crippen LogP contribution in [0.3, 0.4) is 0 Å². The Labute approximate surface area is 141 Å². The number of amides is 1. The second kappa shape index (κ2) is 7.32. The van der Waals surface area contributed by atoms with Gasteiger partial charge in [0.1, 0.15) is 5.60 Å². The summed E-state index contributed by atoms with van der Waals surface area (Å²) in [5.74, 6) is 0.0552. The SMILES string of the molecule is CC(C)(C)OC(=O)NC1CCN(CC(=O)c2ccc(Cl)cc2)C1. The fourth-order valence-electron chi connectivity index (χ4n) is 2.50. The van der Waals surface area contributed by atoms with Gasteiger partial charge >= 0.3 is 6.09 Å². The van der Waals surface area contributed by atoms with E-state index in [1.54, 1.807) is 24.3 Å². The molecule has 0 radical (unpaired) electrons. The molecule has 2 rings (SSSR count). The molecule has 0 saturated carbocycles. The summed E-state index contributed by atoms with van der Waals surface area (Å²) in [7, 11) is 0. The van der Waals surface area contributed by atoms with Crippen LogP contribution in [0.4, 0.5) is 4.79 Å². The molecule has 0 bridgehead atoms. The number of hydrogen-bond acceptors (Lipinski definition) is 4.